The summed E-state index contributed by atoms with van der Waals surface area (Å²) in [5, 5.41) is 7.28. The average Bonchev–Trinajstić information content (AvgIpc) is 3.03. The minimum atomic E-state index is -2.27. The van der Waals surface area contributed by atoms with Crippen LogP contribution in [0.3, 0.4) is 0 Å². The molecule has 2 aromatic rings. The molecule has 125 valence electrons. The molecule has 2 bridgehead atoms. The van der Waals surface area contributed by atoms with Gasteiger partial charge in [-0.05, 0) is 24.7 Å². The normalized spacial score (nSPS) is 17.0. The molecule has 4 rings (SSSR count). The maximum Gasteiger partial charge on any atom is 3.00 e. The van der Waals surface area contributed by atoms with Crippen LogP contribution in [0.1, 0.15) is 12.0 Å². The van der Waals surface area contributed by atoms with E-state index in [-0.39, 0.29) is 51.0 Å². The third-order valence-corrected chi connectivity index (χ3v) is 10.4. The summed E-state index contributed by atoms with van der Waals surface area (Å²) in [5.41, 5.74) is 2.89. The fourth-order valence-electron chi connectivity index (χ4n) is 4.12. The Kier molecular flexibility index (Phi) is 6.53. The zero-order chi connectivity index (χ0) is 15.0. The minimum absolute atomic E-state index is 0. The van der Waals surface area contributed by atoms with Gasteiger partial charge in [0.1, 0.15) is 0 Å². The van der Waals surface area contributed by atoms with Gasteiger partial charge in [-0.2, -0.15) is 0 Å². The fraction of sp³-hybridized carbons (Fsp3) is 0.278. The molecule has 0 spiro atoms. The molecule has 0 aromatic heterocycles. The molecular weight excluding hydrogens is 450 g/mol. The van der Waals surface area contributed by atoms with Gasteiger partial charge in [0.25, 0.3) is 0 Å². The van der Waals surface area contributed by atoms with E-state index in [9.17, 15) is 4.80 Å². The summed E-state index contributed by atoms with van der Waals surface area (Å²) in [6.45, 7) is 8.98. The number of halogens is 2. The first-order valence-corrected chi connectivity index (χ1v) is 13.6. The Morgan fingerprint density at radius 2 is 1.83 bits per heavy atom. The van der Waals surface area contributed by atoms with Crippen molar-refractivity contribution in [1.82, 2.24) is 0 Å². The Bertz CT molecular complexity index is 845. The van der Waals surface area contributed by atoms with Gasteiger partial charge in [-0.25, -0.2) is 0 Å². The van der Waals surface area contributed by atoms with E-state index in [0.717, 1.165) is 6.42 Å². The quantitative estimate of drug-likeness (QED) is 0.370. The molecule has 6 heteroatoms. The van der Waals surface area contributed by atoms with Gasteiger partial charge in [0.15, 0.2) is 0 Å². The van der Waals surface area contributed by atoms with Crippen LogP contribution in [-0.2, 0) is 26.2 Å². The molecule has 2 aliphatic rings. The summed E-state index contributed by atoms with van der Waals surface area (Å²) < 4.78 is 0. The van der Waals surface area contributed by atoms with E-state index in [2.05, 4.69) is 49.5 Å². The van der Waals surface area contributed by atoms with Crippen LogP contribution in [0.4, 0.5) is 0 Å². The number of hydrogen-bond acceptors (Lipinski definition) is 1. The maximum atomic E-state index is 10.6. The molecule has 1 heterocycles. The van der Waals surface area contributed by atoms with Gasteiger partial charge in [-0.1, -0.05) is 42.1 Å². The zero-order valence-corrected chi connectivity index (χ0v) is 20.3. The first-order valence-electron chi connectivity index (χ1n) is 7.68. The van der Waals surface area contributed by atoms with E-state index >= 15 is 0 Å². The Morgan fingerprint density at radius 3 is 2.46 bits per heavy atom. The Labute approximate surface area is 177 Å². The first kappa shape index (κ1) is 22.2. The van der Waals surface area contributed by atoms with Crippen LogP contribution in [-0.4, -0.2) is 21.2 Å². The summed E-state index contributed by atoms with van der Waals surface area (Å²) in [7, 11) is -3.78. The summed E-state index contributed by atoms with van der Waals surface area (Å²) in [5.74, 6) is 0. The van der Waals surface area contributed by atoms with Crippen molar-refractivity contribution in [3.05, 3.63) is 47.2 Å². The molecule has 2 aromatic carbocycles. The molecule has 24 heavy (non-hydrogen) atoms. The topological polar surface area (TPSA) is 20.2 Å². The molecular formula is C18H21Cl2OSi2Zr. The maximum absolute atomic E-state index is 10.6. The van der Waals surface area contributed by atoms with Gasteiger partial charge in [0.2, 0.25) is 8.32 Å². The molecule has 0 atom stereocenters. The van der Waals surface area contributed by atoms with Crippen molar-refractivity contribution in [1.29, 1.82) is 0 Å². The van der Waals surface area contributed by atoms with Crippen LogP contribution in [0.25, 0.3) is 16.3 Å². The number of rotatable bonds is 2. The predicted molar refractivity (Wildman–Crippen MR) is 96.7 cm³/mol. The molecule has 1 aliphatic heterocycles. The number of fused-ring (bicyclic) bond motifs is 1. The van der Waals surface area contributed by atoms with Crippen LogP contribution < -0.4 is 35.2 Å². The molecule has 0 saturated carbocycles. The standard InChI is InChI=1S/C18H21OSi2.2ClH.Zr/c1-20(2)15-10-5-7-12-11-16(20)18(17(12)15)13-8-6-9-14(13)21(3,4)19;;;/h5-7,9-11,19H,8H2,1-4H3;2*1H;/q-1;;;+3/p-2. The predicted octanol–water partition coefficient (Wildman–Crippen LogP) is -2.85. The van der Waals surface area contributed by atoms with Crippen molar-refractivity contribution in [3.8, 4) is 0 Å². The minimum Gasteiger partial charge on any atom is -1.00 e. The van der Waals surface area contributed by atoms with Crippen LogP contribution in [0.2, 0.25) is 26.2 Å². The van der Waals surface area contributed by atoms with Crippen molar-refractivity contribution in [2.24, 2.45) is 0 Å². The number of hydrogen-bond donors (Lipinski definition) is 1. The monoisotopic (exact) mass is 469 g/mol. The number of allylic oxidation sites excluding steroid dienone is 4. The van der Waals surface area contributed by atoms with Gasteiger partial charge < -0.3 is 29.6 Å². The van der Waals surface area contributed by atoms with Gasteiger partial charge >= 0.3 is 26.2 Å². The fourth-order valence-corrected chi connectivity index (χ4v) is 8.73. The summed E-state index contributed by atoms with van der Waals surface area (Å²) in [6.07, 6.45) is 5.38. The second-order valence-electron chi connectivity index (χ2n) is 7.39. The van der Waals surface area contributed by atoms with Gasteiger partial charge in [0, 0.05) is 0 Å². The molecule has 1 nitrogen and oxygen atoms in total. The average molecular weight is 472 g/mol. The third-order valence-electron chi connectivity index (χ3n) is 5.16. The second-order valence-corrected chi connectivity index (χ2v) is 15.4. The van der Waals surface area contributed by atoms with Crippen LogP contribution in [0.5, 0.6) is 0 Å². The third kappa shape index (κ3) is 2.94. The van der Waals surface area contributed by atoms with Crippen LogP contribution >= 0.6 is 0 Å². The van der Waals surface area contributed by atoms with E-state index in [4.69, 9.17) is 0 Å². The summed E-state index contributed by atoms with van der Waals surface area (Å²) >= 11 is 0. The SMILES string of the molecule is C[Si](C)(O)C1=C(c2c3[cH-]c4cccc(c24)[Si]3(C)C)CC=C1.[Cl-].[Cl-].[Zr+3]. The van der Waals surface area contributed by atoms with Crippen molar-refractivity contribution < 1.29 is 55.8 Å². The number of benzene rings is 1. The van der Waals surface area contributed by atoms with Gasteiger partial charge in [-0.15, -0.1) is 39.7 Å². The van der Waals surface area contributed by atoms with E-state index < -0.39 is 16.4 Å². The van der Waals surface area contributed by atoms with Gasteiger partial charge in [-0.3, -0.25) is 0 Å². The van der Waals surface area contributed by atoms with Crippen molar-refractivity contribution in [3.63, 3.8) is 0 Å². The van der Waals surface area contributed by atoms with Crippen molar-refractivity contribution >= 4 is 43.1 Å². The van der Waals surface area contributed by atoms with Crippen LogP contribution in [0.15, 0.2) is 41.6 Å². The summed E-state index contributed by atoms with van der Waals surface area (Å²) in [6, 6.07) is 9.18. The molecule has 0 unspecified atom stereocenters. The Balaban J connectivity index is 0.000000960. The van der Waals surface area contributed by atoms with Crippen molar-refractivity contribution in [2.45, 2.75) is 32.6 Å². The first-order chi connectivity index (χ1) is 9.82. The van der Waals surface area contributed by atoms with Gasteiger partial charge in [0.05, 0.1) is 8.07 Å². The molecule has 0 saturated heterocycles. The molecule has 1 N–H and O–H groups in total. The van der Waals surface area contributed by atoms with E-state index in [1.54, 1.807) is 10.4 Å². The molecule has 0 amide bonds. The Morgan fingerprint density at radius 1 is 1.17 bits per heavy atom. The van der Waals surface area contributed by atoms with E-state index in [0.29, 0.717) is 0 Å². The van der Waals surface area contributed by atoms with Crippen LogP contribution in [0, 0.1) is 0 Å². The zero-order valence-electron chi connectivity index (χ0n) is 14.4. The second kappa shape index (κ2) is 7.06. The largest absolute Gasteiger partial charge is 3.00 e. The van der Waals surface area contributed by atoms with Crippen molar-refractivity contribution in [2.75, 3.05) is 0 Å². The smallest absolute Gasteiger partial charge is 1.00 e. The summed E-state index contributed by atoms with van der Waals surface area (Å²) in [4.78, 5) is 10.6. The molecule has 1 radical (unpaired) electrons. The van der Waals surface area contributed by atoms with E-state index in [1.807, 2.05) is 13.1 Å². The molecule has 1 aliphatic carbocycles. The molecule has 0 fully saturated rings. The Hall–Kier alpha value is 0.167. The van der Waals surface area contributed by atoms with E-state index in [1.165, 1.54) is 27.1 Å².